The topological polar surface area (TPSA) is 125 Å². The van der Waals surface area contributed by atoms with E-state index < -0.39 is 10.0 Å². The standard InChI is InChI=1S/C31H31N5O2S/c1-21(35-25-16-14-23(15-17-25)27-12-5-6-13-29(27)39(34,37)38)30-28(22-8-3-2-4-9-22)18-19-36(30)26-11-7-10-24(20-26)31(32)33/h2-17,20,28,30,35H,1,18-19H2,(H3,32,33)(H2,34,37,38). The molecule has 2 unspecified atom stereocenters. The predicted molar refractivity (Wildman–Crippen MR) is 158 cm³/mol. The third-order valence-corrected chi connectivity index (χ3v) is 8.13. The molecule has 0 aromatic heterocycles. The Morgan fingerprint density at radius 2 is 1.62 bits per heavy atom. The first-order chi connectivity index (χ1) is 18.7. The summed E-state index contributed by atoms with van der Waals surface area (Å²) in [6, 6.07) is 32.4. The van der Waals surface area contributed by atoms with Gasteiger partial charge in [0.2, 0.25) is 10.0 Å². The number of sulfonamides is 1. The lowest BCUT2D eigenvalue weighted by atomic mass is 9.90. The molecule has 1 aliphatic heterocycles. The number of amidine groups is 1. The number of nitrogens with two attached hydrogens (primary N) is 2. The smallest absolute Gasteiger partial charge is 0.238 e. The van der Waals surface area contributed by atoms with Crippen molar-refractivity contribution < 1.29 is 8.42 Å². The molecule has 0 saturated carbocycles. The van der Waals surface area contributed by atoms with Crippen LogP contribution in [-0.4, -0.2) is 26.8 Å². The van der Waals surface area contributed by atoms with Gasteiger partial charge in [-0.3, -0.25) is 5.41 Å². The van der Waals surface area contributed by atoms with Gasteiger partial charge in [-0.1, -0.05) is 79.4 Å². The lowest BCUT2D eigenvalue weighted by Crippen LogP contribution is -2.36. The zero-order valence-corrected chi connectivity index (χ0v) is 22.2. The van der Waals surface area contributed by atoms with Gasteiger partial charge in [0.25, 0.3) is 0 Å². The van der Waals surface area contributed by atoms with Crippen molar-refractivity contribution in [2.75, 3.05) is 16.8 Å². The van der Waals surface area contributed by atoms with Crippen molar-refractivity contribution in [3.05, 3.63) is 127 Å². The minimum Gasteiger partial charge on any atom is -0.384 e. The van der Waals surface area contributed by atoms with Crippen molar-refractivity contribution in [3.63, 3.8) is 0 Å². The Kier molecular flexibility index (Phi) is 7.24. The molecule has 7 nitrogen and oxygen atoms in total. The minimum atomic E-state index is -3.85. The molecule has 8 heteroatoms. The van der Waals surface area contributed by atoms with Gasteiger partial charge in [0.1, 0.15) is 5.84 Å². The molecule has 4 aromatic rings. The molecule has 0 spiro atoms. The van der Waals surface area contributed by atoms with Gasteiger partial charge in [-0.15, -0.1) is 0 Å². The van der Waals surface area contributed by atoms with E-state index >= 15 is 0 Å². The number of rotatable bonds is 8. The van der Waals surface area contributed by atoms with Crippen LogP contribution in [0.2, 0.25) is 0 Å². The van der Waals surface area contributed by atoms with E-state index in [1.807, 2.05) is 54.6 Å². The maximum Gasteiger partial charge on any atom is 0.238 e. The second-order valence-electron chi connectivity index (χ2n) is 9.68. The fraction of sp³-hybridized carbons (Fsp3) is 0.129. The Labute approximate surface area is 229 Å². The maximum absolute atomic E-state index is 12.1. The minimum absolute atomic E-state index is 0.0354. The molecule has 0 bridgehead atoms. The molecule has 4 aromatic carbocycles. The molecule has 1 heterocycles. The molecule has 0 radical (unpaired) electrons. The van der Waals surface area contributed by atoms with Crippen molar-refractivity contribution in [2.45, 2.75) is 23.3 Å². The quantitative estimate of drug-likeness (QED) is 0.180. The molecule has 5 rings (SSSR count). The molecule has 2 atom stereocenters. The van der Waals surface area contributed by atoms with Crippen LogP contribution in [0.3, 0.4) is 0 Å². The number of hydrogen-bond acceptors (Lipinski definition) is 5. The van der Waals surface area contributed by atoms with Crippen LogP contribution < -0.4 is 21.1 Å². The summed E-state index contributed by atoms with van der Waals surface area (Å²) in [5.41, 5.74) is 11.7. The highest BCUT2D eigenvalue weighted by Gasteiger charge is 2.37. The number of nitrogen functional groups attached to an aromatic ring is 1. The van der Waals surface area contributed by atoms with Gasteiger partial charge in [0.15, 0.2) is 0 Å². The molecule has 6 N–H and O–H groups in total. The highest BCUT2D eigenvalue weighted by molar-refractivity contribution is 7.89. The highest BCUT2D eigenvalue weighted by Crippen LogP contribution is 2.40. The molecule has 1 aliphatic rings. The summed E-state index contributed by atoms with van der Waals surface area (Å²) in [5, 5.41) is 16.8. The Bertz CT molecular complexity index is 1620. The summed E-state index contributed by atoms with van der Waals surface area (Å²) >= 11 is 0. The summed E-state index contributed by atoms with van der Waals surface area (Å²) in [6.45, 7) is 5.28. The Morgan fingerprint density at radius 3 is 2.31 bits per heavy atom. The number of primary sulfonamides is 1. The van der Waals surface area contributed by atoms with Crippen LogP contribution in [0, 0.1) is 5.41 Å². The van der Waals surface area contributed by atoms with Crippen molar-refractivity contribution >= 4 is 27.2 Å². The summed E-state index contributed by atoms with van der Waals surface area (Å²) in [4.78, 5) is 2.41. The fourth-order valence-electron chi connectivity index (χ4n) is 5.36. The third kappa shape index (κ3) is 5.57. The summed E-state index contributed by atoms with van der Waals surface area (Å²) < 4.78 is 24.1. The van der Waals surface area contributed by atoms with E-state index in [1.165, 1.54) is 11.6 Å². The van der Waals surface area contributed by atoms with E-state index in [9.17, 15) is 8.42 Å². The first kappa shape index (κ1) is 26.2. The monoisotopic (exact) mass is 537 g/mol. The van der Waals surface area contributed by atoms with Crippen LogP contribution in [0.5, 0.6) is 0 Å². The lowest BCUT2D eigenvalue weighted by Gasteiger charge is -2.32. The number of nitrogens with zero attached hydrogens (tertiary/aromatic N) is 1. The van der Waals surface area contributed by atoms with Crippen LogP contribution in [0.1, 0.15) is 23.5 Å². The van der Waals surface area contributed by atoms with Crippen LogP contribution in [-0.2, 0) is 10.0 Å². The Morgan fingerprint density at radius 1 is 0.923 bits per heavy atom. The van der Waals surface area contributed by atoms with Gasteiger partial charge >= 0.3 is 0 Å². The predicted octanol–water partition coefficient (Wildman–Crippen LogP) is 5.27. The van der Waals surface area contributed by atoms with Crippen molar-refractivity contribution in [1.82, 2.24) is 0 Å². The maximum atomic E-state index is 12.1. The van der Waals surface area contributed by atoms with E-state index in [2.05, 4.69) is 41.1 Å². The number of hydrogen-bond donors (Lipinski definition) is 4. The van der Waals surface area contributed by atoms with Crippen LogP contribution in [0.4, 0.5) is 11.4 Å². The van der Waals surface area contributed by atoms with Gasteiger partial charge in [0, 0.05) is 40.7 Å². The van der Waals surface area contributed by atoms with Crippen molar-refractivity contribution in [1.29, 1.82) is 5.41 Å². The summed E-state index contributed by atoms with van der Waals surface area (Å²) in [7, 11) is -3.85. The average molecular weight is 538 g/mol. The van der Waals surface area contributed by atoms with Crippen molar-refractivity contribution in [2.24, 2.45) is 10.9 Å². The van der Waals surface area contributed by atoms with Gasteiger partial charge in [-0.25, -0.2) is 13.6 Å². The molecule has 1 saturated heterocycles. The van der Waals surface area contributed by atoms with E-state index in [1.54, 1.807) is 18.2 Å². The Balaban J connectivity index is 1.44. The zero-order valence-electron chi connectivity index (χ0n) is 21.4. The first-order valence-corrected chi connectivity index (χ1v) is 14.2. The highest BCUT2D eigenvalue weighted by atomic mass is 32.2. The normalized spacial score (nSPS) is 17.1. The van der Waals surface area contributed by atoms with Gasteiger partial charge in [-0.2, -0.15) is 0 Å². The molecule has 39 heavy (non-hydrogen) atoms. The van der Waals surface area contributed by atoms with Gasteiger partial charge in [0.05, 0.1) is 10.9 Å². The van der Waals surface area contributed by atoms with Crippen LogP contribution in [0.25, 0.3) is 11.1 Å². The lowest BCUT2D eigenvalue weighted by molar-refractivity contribution is 0.598. The fourth-order valence-corrected chi connectivity index (χ4v) is 6.12. The number of anilines is 2. The molecule has 0 amide bonds. The number of benzene rings is 4. The largest absolute Gasteiger partial charge is 0.384 e. The SMILES string of the molecule is C=C(Nc1ccc(-c2ccccc2S(N)(=O)=O)cc1)C1C(c2ccccc2)CCN1c1cccc(C(=N)N)c1. The first-order valence-electron chi connectivity index (χ1n) is 12.7. The molecular weight excluding hydrogens is 506 g/mol. The van der Waals surface area contributed by atoms with Gasteiger partial charge in [-0.05, 0) is 47.9 Å². The second-order valence-corrected chi connectivity index (χ2v) is 11.2. The molecule has 1 fully saturated rings. The van der Waals surface area contributed by atoms with Crippen molar-refractivity contribution in [3.8, 4) is 11.1 Å². The Hall–Kier alpha value is -4.40. The van der Waals surface area contributed by atoms with E-state index in [4.69, 9.17) is 16.3 Å². The number of nitrogens with one attached hydrogen (secondary N) is 2. The van der Waals surface area contributed by atoms with Crippen LogP contribution >= 0.6 is 0 Å². The van der Waals surface area contributed by atoms with E-state index in [0.717, 1.165) is 35.6 Å². The summed E-state index contributed by atoms with van der Waals surface area (Å²) in [5.74, 6) is 0.251. The second kappa shape index (κ2) is 10.8. The zero-order chi connectivity index (χ0) is 27.6. The van der Waals surface area contributed by atoms with Crippen LogP contribution in [0.15, 0.2) is 120 Å². The van der Waals surface area contributed by atoms with Gasteiger partial charge < -0.3 is 16.0 Å². The summed E-state index contributed by atoms with van der Waals surface area (Å²) in [6.07, 6.45) is 0.947. The molecule has 0 aliphatic carbocycles. The molecular formula is C31H31N5O2S. The van der Waals surface area contributed by atoms with E-state index in [0.29, 0.717) is 11.1 Å². The average Bonchev–Trinajstić information content (AvgIpc) is 3.39. The third-order valence-electron chi connectivity index (χ3n) is 7.17. The van der Waals surface area contributed by atoms with E-state index in [-0.39, 0.29) is 22.7 Å². The molecule has 198 valence electrons.